The molecule has 1 amide bonds. The highest BCUT2D eigenvalue weighted by atomic mass is 16.1. The van der Waals surface area contributed by atoms with Crippen LogP contribution >= 0.6 is 0 Å². The SMILES string of the molecule is CC1=NC2=CCNN2C=C1C(=O)NCc1ccccc1. The van der Waals surface area contributed by atoms with Crippen LogP contribution < -0.4 is 10.7 Å². The third-order valence-corrected chi connectivity index (χ3v) is 3.26. The zero-order valence-corrected chi connectivity index (χ0v) is 11.3. The number of hydrogen-bond donors (Lipinski definition) is 2. The number of hydrogen-bond acceptors (Lipinski definition) is 4. The molecule has 1 aromatic carbocycles. The van der Waals surface area contributed by atoms with Crippen molar-refractivity contribution < 1.29 is 4.79 Å². The lowest BCUT2D eigenvalue weighted by Gasteiger charge is -2.22. The quantitative estimate of drug-likeness (QED) is 0.869. The van der Waals surface area contributed by atoms with Crippen LogP contribution in [-0.2, 0) is 11.3 Å². The molecule has 1 aromatic rings. The van der Waals surface area contributed by atoms with Crippen molar-refractivity contribution in [3.63, 3.8) is 0 Å². The lowest BCUT2D eigenvalue weighted by atomic mass is 10.1. The van der Waals surface area contributed by atoms with Gasteiger partial charge in [0.25, 0.3) is 5.91 Å². The first kappa shape index (κ1) is 12.6. The van der Waals surface area contributed by atoms with E-state index in [0.717, 1.165) is 23.6 Å². The van der Waals surface area contributed by atoms with E-state index in [4.69, 9.17) is 0 Å². The minimum Gasteiger partial charge on any atom is -0.348 e. The first-order chi connectivity index (χ1) is 9.74. The molecule has 2 N–H and O–H groups in total. The maximum absolute atomic E-state index is 12.2. The summed E-state index contributed by atoms with van der Waals surface area (Å²) in [6.45, 7) is 3.10. The molecule has 102 valence electrons. The van der Waals surface area contributed by atoms with Crippen LogP contribution in [0.2, 0.25) is 0 Å². The number of carbonyl (C=O) groups is 1. The predicted octanol–water partition coefficient (Wildman–Crippen LogP) is 1.32. The monoisotopic (exact) mass is 268 g/mol. The van der Waals surface area contributed by atoms with Gasteiger partial charge in [0.2, 0.25) is 0 Å². The summed E-state index contributed by atoms with van der Waals surface area (Å²) in [6.07, 6.45) is 3.78. The minimum atomic E-state index is -0.108. The third kappa shape index (κ3) is 2.48. The van der Waals surface area contributed by atoms with Gasteiger partial charge in [-0.3, -0.25) is 9.80 Å². The van der Waals surface area contributed by atoms with Crippen LogP contribution in [0.25, 0.3) is 0 Å². The van der Waals surface area contributed by atoms with Gasteiger partial charge in [-0.25, -0.2) is 10.4 Å². The van der Waals surface area contributed by atoms with E-state index in [2.05, 4.69) is 15.7 Å². The molecule has 0 aromatic heterocycles. The first-order valence-electron chi connectivity index (χ1n) is 6.56. The number of aliphatic imine (C=N–C) groups is 1. The van der Waals surface area contributed by atoms with E-state index in [1.165, 1.54) is 0 Å². The van der Waals surface area contributed by atoms with E-state index >= 15 is 0 Å². The topological polar surface area (TPSA) is 56.7 Å². The molecule has 20 heavy (non-hydrogen) atoms. The lowest BCUT2D eigenvalue weighted by Crippen LogP contribution is -2.34. The number of nitrogens with zero attached hydrogens (tertiary/aromatic N) is 2. The Kier molecular flexibility index (Phi) is 3.35. The molecule has 5 heteroatoms. The summed E-state index contributed by atoms with van der Waals surface area (Å²) >= 11 is 0. The van der Waals surface area contributed by atoms with Gasteiger partial charge in [0, 0.05) is 19.3 Å². The van der Waals surface area contributed by atoms with Crippen LogP contribution in [0.15, 0.2) is 59.0 Å². The van der Waals surface area contributed by atoms with E-state index in [1.54, 1.807) is 11.2 Å². The summed E-state index contributed by atoms with van der Waals surface area (Å²) in [6, 6.07) is 9.84. The van der Waals surface area contributed by atoms with Gasteiger partial charge in [-0.15, -0.1) is 0 Å². The average Bonchev–Trinajstić information content (AvgIpc) is 2.92. The molecule has 0 unspecified atom stereocenters. The second-order valence-corrected chi connectivity index (χ2v) is 4.70. The number of nitrogens with one attached hydrogen (secondary N) is 2. The Bertz CT molecular complexity index is 616. The number of amides is 1. The van der Waals surface area contributed by atoms with Gasteiger partial charge in [-0.2, -0.15) is 0 Å². The number of benzene rings is 1. The molecular weight excluding hydrogens is 252 g/mol. The van der Waals surface area contributed by atoms with Crippen molar-refractivity contribution in [2.45, 2.75) is 13.5 Å². The largest absolute Gasteiger partial charge is 0.348 e. The fourth-order valence-electron chi connectivity index (χ4n) is 2.18. The van der Waals surface area contributed by atoms with Crippen LogP contribution in [0.4, 0.5) is 0 Å². The molecule has 2 aliphatic heterocycles. The summed E-state index contributed by atoms with van der Waals surface area (Å²) < 4.78 is 0. The van der Waals surface area contributed by atoms with Crippen LogP contribution in [0.1, 0.15) is 12.5 Å². The smallest absolute Gasteiger partial charge is 0.254 e. The fourth-order valence-corrected chi connectivity index (χ4v) is 2.18. The van der Waals surface area contributed by atoms with Gasteiger partial charge in [0.05, 0.1) is 11.3 Å². The molecule has 0 fully saturated rings. The Labute approximate surface area is 117 Å². The molecule has 0 bridgehead atoms. The van der Waals surface area contributed by atoms with Crippen molar-refractivity contribution >= 4 is 11.6 Å². The Balaban J connectivity index is 1.68. The molecule has 0 saturated carbocycles. The second-order valence-electron chi connectivity index (χ2n) is 4.70. The van der Waals surface area contributed by atoms with Gasteiger partial charge >= 0.3 is 0 Å². The van der Waals surface area contributed by atoms with Crippen LogP contribution in [0, 0.1) is 0 Å². The van der Waals surface area contributed by atoms with Gasteiger partial charge < -0.3 is 5.32 Å². The van der Waals surface area contributed by atoms with Crippen LogP contribution in [0.3, 0.4) is 0 Å². The highest BCUT2D eigenvalue weighted by molar-refractivity contribution is 6.21. The first-order valence-corrected chi connectivity index (χ1v) is 6.56. The maximum atomic E-state index is 12.2. The zero-order chi connectivity index (χ0) is 13.9. The molecule has 0 spiro atoms. The molecule has 0 aliphatic carbocycles. The molecular formula is C15H16N4O. The van der Waals surface area contributed by atoms with E-state index < -0.39 is 0 Å². The molecule has 2 aliphatic rings. The molecule has 0 atom stereocenters. The van der Waals surface area contributed by atoms with Crippen molar-refractivity contribution in [3.8, 4) is 0 Å². The van der Waals surface area contributed by atoms with Gasteiger partial charge in [-0.05, 0) is 18.6 Å². The fraction of sp³-hybridized carbons (Fsp3) is 0.200. The summed E-state index contributed by atoms with van der Waals surface area (Å²) in [7, 11) is 0. The van der Waals surface area contributed by atoms with E-state index in [0.29, 0.717) is 12.1 Å². The van der Waals surface area contributed by atoms with Crippen molar-refractivity contribution in [2.24, 2.45) is 4.99 Å². The van der Waals surface area contributed by atoms with Crippen molar-refractivity contribution in [3.05, 3.63) is 59.6 Å². The average molecular weight is 268 g/mol. The maximum Gasteiger partial charge on any atom is 0.254 e. The molecule has 3 rings (SSSR count). The van der Waals surface area contributed by atoms with Gasteiger partial charge in [0.1, 0.15) is 5.82 Å². The second kappa shape index (κ2) is 5.30. The van der Waals surface area contributed by atoms with Crippen LogP contribution in [0.5, 0.6) is 0 Å². The highest BCUT2D eigenvalue weighted by Gasteiger charge is 2.23. The summed E-state index contributed by atoms with van der Waals surface area (Å²) in [5.41, 5.74) is 5.52. The minimum absolute atomic E-state index is 0.108. The summed E-state index contributed by atoms with van der Waals surface area (Å²) in [4.78, 5) is 16.7. The Morgan fingerprint density at radius 1 is 1.40 bits per heavy atom. The Hall–Kier alpha value is -2.40. The van der Waals surface area contributed by atoms with Gasteiger partial charge in [-0.1, -0.05) is 30.3 Å². The molecule has 2 heterocycles. The Morgan fingerprint density at radius 3 is 3.00 bits per heavy atom. The Morgan fingerprint density at radius 2 is 2.20 bits per heavy atom. The lowest BCUT2D eigenvalue weighted by molar-refractivity contribution is -0.117. The number of rotatable bonds is 3. The number of hydrazine groups is 1. The zero-order valence-electron chi connectivity index (χ0n) is 11.3. The molecule has 5 nitrogen and oxygen atoms in total. The standard InChI is InChI=1S/C15H16N4O/c1-11-13(10-19-14(18-11)7-8-17-19)15(20)16-9-12-5-3-2-4-6-12/h2-7,10,17H,8-9H2,1H3,(H,16,20). The summed E-state index contributed by atoms with van der Waals surface area (Å²) in [5, 5.41) is 4.70. The van der Waals surface area contributed by atoms with E-state index in [9.17, 15) is 4.79 Å². The number of fused-ring (bicyclic) bond motifs is 1. The summed E-state index contributed by atoms with van der Waals surface area (Å²) in [5.74, 6) is 0.741. The van der Waals surface area contributed by atoms with E-state index in [-0.39, 0.29) is 5.91 Å². The molecule has 0 radical (unpaired) electrons. The highest BCUT2D eigenvalue weighted by Crippen LogP contribution is 2.18. The van der Waals surface area contributed by atoms with E-state index in [1.807, 2.05) is 43.3 Å². The third-order valence-electron chi connectivity index (χ3n) is 3.26. The van der Waals surface area contributed by atoms with Crippen molar-refractivity contribution in [1.82, 2.24) is 15.8 Å². The normalized spacial score (nSPS) is 17.1. The van der Waals surface area contributed by atoms with Crippen molar-refractivity contribution in [1.29, 1.82) is 0 Å². The van der Waals surface area contributed by atoms with Crippen LogP contribution in [-0.4, -0.2) is 23.2 Å². The number of carbonyl (C=O) groups excluding carboxylic acids is 1. The van der Waals surface area contributed by atoms with Crippen molar-refractivity contribution in [2.75, 3.05) is 6.54 Å². The predicted molar refractivity (Wildman–Crippen MR) is 77.4 cm³/mol. The van der Waals surface area contributed by atoms with Gasteiger partial charge in [0.15, 0.2) is 0 Å². The molecule has 0 saturated heterocycles.